The highest BCUT2D eigenvalue weighted by molar-refractivity contribution is 5.88. The minimum absolute atomic E-state index is 0.470. The molecule has 1 aliphatic heterocycles. The number of rotatable bonds is 4. The topological polar surface area (TPSA) is 91.5 Å². The van der Waals surface area contributed by atoms with Crippen molar-refractivity contribution in [3.63, 3.8) is 0 Å². The Balaban J connectivity index is 1.50. The molecule has 0 amide bonds. The summed E-state index contributed by atoms with van der Waals surface area (Å²) in [5.74, 6) is 1.96. The van der Waals surface area contributed by atoms with Crippen LogP contribution in [0.2, 0.25) is 0 Å². The third kappa shape index (κ3) is 2.86. The molecule has 1 atom stereocenters. The van der Waals surface area contributed by atoms with Crippen LogP contribution in [0.15, 0.2) is 43.0 Å². The first-order valence-corrected chi connectivity index (χ1v) is 9.16. The smallest absolute Gasteiger partial charge is 0.146 e. The van der Waals surface area contributed by atoms with Gasteiger partial charge in [0.05, 0.1) is 23.5 Å². The Morgan fingerprint density at radius 1 is 1.22 bits per heavy atom. The van der Waals surface area contributed by atoms with E-state index in [0.29, 0.717) is 5.92 Å². The molecule has 0 bridgehead atoms. The van der Waals surface area contributed by atoms with Crippen molar-refractivity contribution in [3.05, 3.63) is 54.2 Å². The van der Waals surface area contributed by atoms with Crippen molar-refractivity contribution in [2.45, 2.75) is 25.8 Å². The van der Waals surface area contributed by atoms with E-state index in [-0.39, 0.29) is 0 Å². The van der Waals surface area contributed by atoms with Crippen molar-refractivity contribution in [2.24, 2.45) is 0 Å². The third-order valence-corrected chi connectivity index (χ3v) is 5.09. The lowest BCUT2D eigenvalue weighted by molar-refractivity contribution is 0.473. The molecular formula is C20H20N6O. The highest BCUT2D eigenvalue weighted by Crippen LogP contribution is 2.33. The molecule has 4 aromatic rings. The van der Waals surface area contributed by atoms with Crippen molar-refractivity contribution in [1.82, 2.24) is 30.5 Å². The molecule has 5 rings (SSSR count). The number of fused-ring (bicyclic) bond motifs is 2. The summed E-state index contributed by atoms with van der Waals surface area (Å²) in [6.07, 6.45) is 8.26. The predicted molar refractivity (Wildman–Crippen MR) is 103 cm³/mol. The van der Waals surface area contributed by atoms with Gasteiger partial charge in [-0.25, -0.2) is 4.98 Å². The molecule has 0 fully saturated rings. The molecule has 0 saturated carbocycles. The van der Waals surface area contributed by atoms with Gasteiger partial charge >= 0.3 is 0 Å². The Labute approximate surface area is 156 Å². The van der Waals surface area contributed by atoms with Crippen LogP contribution in [0.25, 0.3) is 22.3 Å². The summed E-state index contributed by atoms with van der Waals surface area (Å²) in [4.78, 5) is 12.4. The van der Waals surface area contributed by atoms with E-state index in [2.05, 4.69) is 38.5 Å². The maximum absolute atomic E-state index is 6.18. The van der Waals surface area contributed by atoms with Gasteiger partial charge in [0, 0.05) is 42.7 Å². The fourth-order valence-electron chi connectivity index (χ4n) is 3.65. The number of pyridine rings is 2. The van der Waals surface area contributed by atoms with Crippen LogP contribution in [-0.2, 0) is 6.54 Å². The molecular weight excluding hydrogens is 340 g/mol. The van der Waals surface area contributed by atoms with Crippen molar-refractivity contribution >= 4 is 11.0 Å². The Morgan fingerprint density at radius 2 is 2.19 bits per heavy atom. The van der Waals surface area contributed by atoms with Crippen LogP contribution in [0.3, 0.4) is 0 Å². The summed E-state index contributed by atoms with van der Waals surface area (Å²) in [5, 5.41) is 11.2. The second-order valence-electron chi connectivity index (χ2n) is 6.79. The van der Waals surface area contributed by atoms with E-state index in [0.717, 1.165) is 53.3 Å². The fraction of sp³-hybridized carbons (Fsp3) is 0.250. The first-order valence-electron chi connectivity index (χ1n) is 9.16. The lowest BCUT2D eigenvalue weighted by atomic mass is 9.94. The fourth-order valence-corrected chi connectivity index (χ4v) is 3.65. The second kappa shape index (κ2) is 6.51. The minimum Gasteiger partial charge on any atom is -0.455 e. The number of nitrogens with one attached hydrogen (secondary N) is 3. The van der Waals surface area contributed by atoms with E-state index in [1.807, 2.05) is 24.5 Å². The average molecular weight is 360 g/mol. The summed E-state index contributed by atoms with van der Waals surface area (Å²) in [6.45, 7) is 4.02. The molecule has 3 N–H and O–H groups in total. The third-order valence-electron chi connectivity index (χ3n) is 5.09. The molecule has 0 saturated heterocycles. The molecule has 136 valence electrons. The molecule has 0 aromatic carbocycles. The average Bonchev–Trinajstić information content (AvgIpc) is 3.37. The lowest BCUT2D eigenvalue weighted by Crippen LogP contribution is -2.28. The van der Waals surface area contributed by atoms with Crippen molar-refractivity contribution in [3.8, 4) is 22.8 Å². The maximum atomic E-state index is 6.18. The molecule has 1 aliphatic rings. The van der Waals surface area contributed by atoms with Gasteiger partial charge in [-0.3, -0.25) is 10.1 Å². The van der Waals surface area contributed by atoms with E-state index in [4.69, 9.17) is 9.72 Å². The zero-order chi connectivity index (χ0) is 18.2. The molecule has 5 heterocycles. The van der Waals surface area contributed by atoms with Gasteiger partial charge < -0.3 is 15.0 Å². The SMILES string of the molecule is CCC1CNCc2cc(Oc3ccnc4[nH]c(-c5cn[nH]c5)cc34)cnc21. The van der Waals surface area contributed by atoms with Crippen LogP contribution in [0.4, 0.5) is 0 Å². The molecule has 0 spiro atoms. The van der Waals surface area contributed by atoms with E-state index in [1.54, 1.807) is 12.4 Å². The summed E-state index contributed by atoms with van der Waals surface area (Å²) in [7, 11) is 0. The Kier molecular flexibility index (Phi) is 3.86. The van der Waals surface area contributed by atoms with Crippen molar-refractivity contribution in [1.29, 1.82) is 0 Å². The number of ether oxygens (including phenoxy) is 1. The van der Waals surface area contributed by atoms with Crippen LogP contribution >= 0.6 is 0 Å². The van der Waals surface area contributed by atoms with Gasteiger partial charge in [0.15, 0.2) is 0 Å². The van der Waals surface area contributed by atoms with Crippen LogP contribution in [-0.4, -0.2) is 31.7 Å². The number of H-pyrrole nitrogens is 2. The van der Waals surface area contributed by atoms with Gasteiger partial charge in [-0.2, -0.15) is 5.10 Å². The number of hydrogen-bond acceptors (Lipinski definition) is 5. The molecule has 4 aromatic heterocycles. The van der Waals surface area contributed by atoms with Crippen LogP contribution in [0.1, 0.15) is 30.5 Å². The van der Waals surface area contributed by atoms with Gasteiger partial charge in [-0.1, -0.05) is 6.92 Å². The Hall–Kier alpha value is -3.19. The molecule has 0 radical (unpaired) electrons. The van der Waals surface area contributed by atoms with Gasteiger partial charge in [0.25, 0.3) is 0 Å². The number of nitrogens with zero attached hydrogens (tertiary/aromatic N) is 3. The van der Waals surface area contributed by atoms with Gasteiger partial charge in [-0.05, 0) is 30.2 Å². The molecule has 27 heavy (non-hydrogen) atoms. The quantitative estimate of drug-likeness (QED) is 0.516. The molecule has 0 aliphatic carbocycles. The standard InChI is InChI=1S/C20H20N6O/c1-2-12-7-21-8-13-5-15(11-23-19(12)13)27-18-3-4-22-20-16(18)6-17(26-20)14-9-24-25-10-14/h3-6,9-12,21H,2,7-8H2,1H3,(H,22,26)(H,24,25). The van der Waals surface area contributed by atoms with Crippen LogP contribution < -0.4 is 10.1 Å². The monoisotopic (exact) mass is 360 g/mol. The Bertz CT molecular complexity index is 1090. The zero-order valence-corrected chi connectivity index (χ0v) is 15.0. The lowest BCUT2D eigenvalue weighted by Gasteiger charge is -2.24. The predicted octanol–water partition coefficient (Wildman–Crippen LogP) is 3.74. The minimum atomic E-state index is 0.470. The van der Waals surface area contributed by atoms with E-state index in [9.17, 15) is 0 Å². The largest absolute Gasteiger partial charge is 0.455 e. The Morgan fingerprint density at radius 3 is 3.04 bits per heavy atom. The van der Waals surface area contributed by atoms with Crippen LogP contribution in [0.5, 0.6) is 11.5 Å². The second-order valence-corrected chi connectivity index (χ2v) is 6.79. The summed E-state index contributed by atoms with van der Waals surface area (Å²) in [6, 6.07) is 6.00. The van der Waals surface area contributed by atoms with Crippen LogP contribution in [0, 0.1) is 0 Å². The number of hydrogen-bond donors (Lipinski definition) is 3. The number of aromatic amines is 2. The molecule has 7 heteroatoms. The highest BCUT2D eigenvalue weighted by Gasteiger charge is 2.20. The van der Waals surface area contributed by atoms with Crippen molar-refractivity contribution < 1.29 is 4.74 Å². The summed E-state index contributed by atoms with van der Waals surface area (Å²) < 4.78 is 6.18. The van der Waals surface area contributed by atoms with E-state index >= 15 is 0 Å². The first kappa shape index (κ1) is 16.0. The van der Waals surface area contributed by atoms with Crippen molar-refractivity contribution in [2.75, 3.05) is 6.54 Å². The zero-order valence-electron chi connectivity index (χ0n) is 15.0. The first-order chi connectivity index (χ1) is 13.3. The maximum Gasteiger partial charge on any atom is 0.146 e. The van der Waals surface area contributed by atoms with Gasteiger partial charge in [-0.15, -0.1) is 0 Å². The molecule has 1 unspecified atom stereocenters. The van der Waals surface area contributed by atoms with E-state index in [1.165, 1.54) is 11.3 Å². The highest BCUT2D eigenvalue weighted by atomic mass is 16.5. The number of aromatic nitrogens is 5. The molecule has 7 nitrogen and oxygen atoms in total. The van der Waals surface area contributed by atoms with E-state index < -0.39 is 0 Å². The van der Waals surface area contributed by atoms with Gasteiger partial charge in [0.1, 0.15) is 17.1 Å². The summed E-state index contributed by atoms with van der Waals surface area (Å²) >= 11 is 0. The normalized spacial score (nSPS) is 16.4. The summed E-state index contributed by atoms with van der Waals surface area (Å²) in [5.41, 5.74) is 5.10. The van der Waals surface area contributed by atoms with Gasteiger partial charge in [0.2, 0.25) is 0 Å².